The summed E-state index contributed by atoms with van der Waals surface area (Å²) >= 11 is 0. The summed E-state index contributed by atoms with van der Waals surface area (Å²) in [5.41, 5.74) is 2.61. The summed E-state index contributed by atoms with van der Waals surface area (Å²) in [7, 11) is 1.39. The van der Waals surface area contributed by atoms with E-state index in [0.717, 1.165) is 21.3 Å². The summed E-state index contributed by atoms with van der Waals surface area (Å²) < 4.78 is 5.15. The number of benzene rings is 2. The van der Waals surface area contributed by atoms with E-state index in [-0.39, 0.29) is 17.9 Å². The van der Waals surface area contributed by atoms with Crippen molar-refractivity contribution in [1.82, 2.24) is 15.0 Å². The molecule has 0 fully saturated rings. The van der Waals surface area contributed by atoms with Crippen LogP contribution < -0.4 is 14.9 Å². The molecule has 1 heterocycles. The van der Waals surface area contributed by atoms with Crippen LogP contribution in [0.5, 0.6) is 6.01 Å². The largest absolute Gasteiger partial charge is 0.467 e. The van der Waals surface area contributed by atoms with E-state index in [1.54, 1.807) is 36.4 Å². The Hall–Kier alpha value is -3.75. The molecule has 0 bridgehead atoms. The van der Waals surface area contributed by atoms with Crippen LogP contribution in [0.25, 0.3) is 0 Å². The van der Waals surface area contributed by atoms with E-state index < -0.39 is 0 Å². The van der Waals surface area contributed by atoms with Crippen LogP contribution in [0.1, 0.15) is 11.1 Å². The van der Waals surface area contributed by atoms with E-state index in [0.29, 0.717) is 24.2 Å². The van der Waals surface area contributed by atoms with Crippen molar-refractivity contribution in [3.63, 3.8) is 0 Å². The van der Waals surface area contributed by atoms with Gasteiger partial charge in [0.1, 0.15) is 0 Å². The maximum Gasteiger partial charge on any atom is 0.322 e. The fraction of sp³-hybridized carbons (Fsp3) is 0.136. The Labute approximate surface area is 175 Å². The predicted octanol–water partition coefficient (Wildman–Crippen LogP) is 4.39. The van der Waals surface area contributed by atoms with Crippen LogP contribution in [0.2, 0.25) is 0 Å². The third-order valence-electron chi connectivity index (χ3n) is 4.32. The molecule has 30 heavy (non-hydrogen) atoms. The van der Waals surface area contributed by atoms with Gasteiger partial charge in [0.15, 0.2) is 0 Å². The highest BCUT2D eigenvalue weighted by Gasteiger charge is 2.20. The molecule has 0 amide bonds. The number of aromatic nitrogens is 3. The smallest absolute Gasteiger partial charge is 0.322 e. The van der Waals surface area contributed by atoms with Gasteiger partial charge in [-0.05, 0) is 36.1 Å². The summed E-state index contributed by atoms with van der Waals surface area (Å²) in [5.74, 6) is -0.206. The first-order chi connectivity index (χ1) is 14.6. The van der Waals surface area contributed by atoms with Gasteiger partial charge in [0.2, 0.25) is 0 Å². The molecule has 2 aromatic carbocycles. The Morgan fingerprint density at radius 2 is 1.23 bits per heavy atom. The lowest BCUT2D eigenvalue weighted by molar-refractivity contribution is 0.279. The maximum atomic E-state index is 10.8. The van der Waals surface area contributed by atoms with Crippen LogP contribution in [0.3, 0.4) is 0 Å². The minimum Gasteiger partial charge on any atom is -0.467 e. The normalized spacial score (nSPS) is 10.4. The summed E-state index contributed by atoms with van der Waals surface area (Å²) in [4.78, 5) is 12.5. The van der Waals surface area contributed by atoms with E-state index in [9.17, 15) is 10.4 Å². The maximum absolute atomic E-state index is 10.8. The third kappa shape index (κ3) is 4.45. The van der Waals surface area contributed by atoms with Crippen molar-refractivity contribution in [3.05, 3.63) is 85.0 Å². The van der Waals surface area contributed by atoms with Crippen molar-refractivity contribution in [1.29, 1.82) is 0 Å². The van der Waals surface area contributed by atoms with Gasteiger partial charge in [-0.25, -0.2) is 0 Å². The molecular formula is C22H23N5O3. The number of hydrogen-bond acceptors (Lipinski definition) is 8. The van der Waals surface area contributed by atoms with Crippen molar-refractivity contribution in [2.45, 2.75) is 12.8 Å². The average Bonchev–Trinajstić information content (AvgIpc) is 2.79. The van der Waals surface area contributed by atoms with E-state index in [4.69, 9.17) is 4.74 Å². The zero-order chi connectivity index (χ0) is 21.5. The van der Waals surface area contributed by atoms with Gasteiger partial charge in [0, 0.05) is 0 Å². The number of hydrogen-bond donors (Lipinski definition) is 2. The molecule has 3 rings (SSSR count). The number of allylic oxidation sites excluding steroid dienone is 2. The molecule has 0 atom stereocenters. The Balaban J connectivity index is 2.04. The molecule has 0 radical (unpaired) electrons. The van der Waals surface area contributed by atoms with Gasteiger partial charge in [-0.3, -0.25) is 10.4 Å². The lowest BCUT2D eigenvalue weighted by Gasteiger charge is -2.21. The Morgan fingerprint density at radius 3 is 1.63 bits per heavy atom. The van der Waals surface area contributed by atoms with Gasteiger partial charge in [-0.1, -0.05) is 48.6 Å². The van der Waals surface area contributed by atoms with Crippen molar-refractivity contribution in [3.8, 4) is 6.01 Å². The average molecular weight is 405 g/mol. The molecule has 0 saturated carbocycles. The molecule has 1 aromatic heterocycles. The molecule has 2 N–H and O–H groups in total. The first-order valence-electron chi connectivity index (χ1n) is 9.24. The zero-order valence-corrected chi connectivity index (χ0v) is 16.6. The molecule has 0 aliphatic carbocycles. The molecule has 8 nitrogen and oxygen atoms in total. The second-order valence-electron chi connectivity index (χ2n) is 6.29. The van der Waals surface area contributed by atoms with Crippen molar-refractivity contribution in [2.75, 3.05) is 17.2 Å². The minimum atomic E-state index is -0.103. The van der Waals surface area contributed by atoms with Gasteiger partial charge < -0.3 is 4.74 Å². The molecule has 0 spiro atoms. The van der Waals surface area contributed by atoms with Gasteiger partial charge in [0.05, 0.1) is 18.5 Å². The van der Waals surface area contributed by atoms with Crippen LogP contribution in [-0.4, -0.2) is 32.5 Å². The SMILES string of the molecule is C=CCc1ccccc1N(O)c1nc(OC)nc(N(O)c2ccccc2CC=C)n1. The molecule has 0 aliphatic heterocycles. The second kappa shape index (κ2) is 9.64. The highest BCUT2D eigenvalue weighted by atomic mass is 16.5. The molecule has 0 saturated heterocycles. The molecule has 154 valence electrons. The molecule has 0 aliphatic rings. The lowest BCUT2D eigenvalue weighted by atomic mass is 10.1. The lowest BCUT2D eigenvalue weighted by Crippen LogP contribution is -2.21. The van der Waals surface area contributed by atoms with Crippen molar-refractivity contribution >= 4 is 23.3 Å². The van der Waals surface area contributed by atoms with Crippen molar-refractivity contribution in [2.24, 2.45) is 0 Å². The van der Waals surface area contributed by atoms with Crippen LogP contribution in [-0.2, 0) is 12.8 Å². The van der Waals surface area contributed by atoms with Crippen molar-refractivity contribution < 1.29 is 15.2 Å². The number of nitrogens with zero attached hydrogens (tertiary/aromatic N) is 5. The number of anilines is 4. The van der Waals surface area contributed by atoms with Crippen LogP contribution in [0.15, 0.2) is 73.8 Å². The summed E-state index contributed by atoms with van der Waals surface area (Å²) in [6.07, 6.45) is 4.56. The first kappa shape index (κ1) is 21.0. The molecule has 8 heteroatoms. The Bertz CT molecular complexity index is 963. The van der Waals surface area contributed by atoms with E-state index >= 15 is 0 Å². The second-order valence-corrected chi connectivity index (χ2v) is 6.29. The van der Waals surface area contributed by atoms with Gasteiger partial charge in [0.25, 0.3) is 11.9 Å². The van der Waals surface area contributed by atoms with E-state index in [2.05, 4.69) is 28.1 Å². The quantitative estimate of drug-likeness (QED) is 0.400. The zero-order valence-electron chi connectivity index (χ0n) is 16.6. The number of ether oxygens (including phenoxy) is 1. The highest BCUT2D eigenvalue weighted by molar-refractivity contribution is 5.63. The highest BCUT2D eigenvalue weighted by Crippen LogP contribution is 2.30. The molecule has 0 unspecified atom stereocenters. The number of para-hydroxylation sites is 2. The Kier molecular flexibility index (Phi) is 6.74. The first-order valence-corrected chi connectivity index (χ1v) is 9.24. The summed E-state index contributed by atoms with van der Waals surface area (Å²) in [6.45, 7) is 7.49. The summed E-state index contributed by atoms with van der Waals surface area (Å²) in [6, 6.07) is 14.4. The Morgan fingerprint density at radius 1 is 0.800 bits per heavy atom. The van der Waals surface area contributed by atoms with E-state index in [1.807, 2.05) is 24.3 Å². The topological polar surface area (TPSA) is 94.8 Å². The van der Waals surface area contributed by atoms with Crippen LogP contribution in [0.4, 0.5) is 23.3 Å². The van der Waals surface area contributed by atoms with Crippen LogP contribution in [0, 0.1) is 0 Å². The van der Waals surface area contributed by atoms with E-state index in [1.165, 1.54) is 7.11 Å². The fourth-order valence-electron chi connectivity index (χ4n) is 2.92. The van der Waals surface area contributed by atoms with Gasteiger partial charge >= 0.3 is 6.01 Å². The minimum absolute atomic E-state index is 0.0597. The number of rotatable bonds is 9. The van der Waals surface area contributed by atoms with Gasteiger partial charge in [-0.15, -0.1) is 13.2 Å². The number of methoxy groups -OCH3 is 1. The predicted molar refractivity (Wildman–Crippen MR) is 115 cm³/mol. The monoisotopic (exact) mass is 405 g/mol. The molecule has 3 aromatic rings. The summed E-state index contributed by atoms with van der Waals surface area (Å²) in [5, 5.41) is 23.3. The van der Waals surface area contributed by atoms with Gasteiger partial charge in [-0.2, -0.15) is 25.1 Å². The third-order valence-corrected chi connectivity index (χ3v) is 4.32. The van der Waals surface area contributed by atoms with Crippen LogP contribution >= 0.6 is 0 Å². The fourth-order valence-corrected chi connectivity index (χ4v) is 2.92. The molecular weight excluding hydrogens is 382 g/mol. The standard InChI is InChI=1S/C22H23N5O3/c1-4-10-16-12-6-8-14-18(16)26(28)20-23-21(25-22(24-20)30-3)27(29)19-15-9-7-13-17(19)11-5-2/h4-9,12-15,28-29H,1-2,10-11H2,3H3.